The van der Waals surface area contributed by atoms with Crippen molar-refractivity contribution < 1.29 is 18.0 Å². The predicted molar refractivity (Wildman–Crippen MR) is 123 cm³/mol. The van der Waals surface area contributed by atoms with E-state index in [0.29, 0.717) is 44.3 Å². The highest BCUT2D eigenvalue weighted by atomic mass is 19.1. The van der Waals surface area contributed by atoms with Crippen LogP contribution in [0.25, 0.3) is 16.7 Å². The Balaban J connectivity index is 1.64. The second-order valence-electron chi connectivity index (χ2n) is 9.66. The van der Waals surface area contributed by atoms with Crippen LogP contribution in [0.2, 0.25) is 0 Å². The van der Waals surface area contributed by atoms with Gasteiger partial charge in [0.05, 0.1) is 11.1 Å². The summed E-state index contributed by atoms with van der Waals surface area (Å²) in [5, 5.41) is 3.12. The third-order valence-electron chi connectivity index (χ3n) is 7.24. The Morgan fingerprint density at radius 3 is 2.35 bits per heavy atom. The third-order valence-corrected chi connectivity index (χ3v) is 7.24. The molecular formula is C25H25F3N4O2. The molecule has 3 fully saturated rings. The standard InChI is InChI=1S/C25H25F3N4O2/c1-31(2)20-6-4-16-21(33)17(23(34)30-25-10-7-24(28,8-11-25)9-12-25)14-32(22(16)29-20)19-5-3-15(26)13-18(19)27/h3-6,13-14H,7-12H2,1-2H3,(H,30,34). The first-order valence-corrected chi connectivity index (χ1v) is 11.3. The fraction of sp³-hybridized carbons (Fsp3) is 0.400. The van der Waals surface area contributed by atoms with Crippen LogP contribution < -0.4 is 15.6 Å². The highest BCUT2D eigenvalue weighted by molar-refractivity contribution is 5.97. The fourth-order valence-electron chi connectivity index (χ4n) is 5.10. The van der Waals surface area contributed by atoms with Crippen LogP contribution in [0.3, 0.4) is 0 Å². The molecule has 0 radical (unpaired) electrons. The lowest BCUT2D eigenvalue weighted by molar-refractivity contribution is -0.00653. The predicted octanol–water partition coefficient (Wildman–Crippen LogP) is 4.27. The zero-order valence-electron chi connectivity index (χ0n) is 19.0. The summed E-state index contributed by atoms with van der Waals surface area (Å²) in [6.45, 7) is 0. The highest BCUT2D eigenvalue weighted by Gasteiger charge is 2.49. The molecule has 1 aromatic carbocycles. The van der Waals surface area contributed by atoms with Crippen LogP contribution in [0.15, 0.2) is 41.3 Å². The number of fused-ring (bicyclic) bond motifs is 4. The number of carbonyl (C=O) groups excluding carboxylic acids is 1. The molecule has 2 bridgehead atoms. The smallest absolute Gasteiger partial charge is 0.257 e. The zero-order valence-corrected chi connectivity index (χ0v) is 19.0. The maximum absolute atomic E-state index is 14.8. The monoisotopic (exact) mass is 470 g/mol. The Morgan fingerprint density at radius 1 is 1.06 bits per heavy atom. The van der Waals surface area contributed by atoms with Crippen LogP contribution in [0.1, 0.15) is 48.9 Å². The second-order valence-corrected chi connectivity index (χ2v) is 9.66. The van der Waals surface area contributed by atoms with Gasteiger partial charge in [0.1, 0.15) is 28.7 Å². The highest BCUT2D eigenvalue weighted by Crippen LogP contribution is 2.49. The minimum atomic E-state index is -1.15. The molecular weight excluding hydrogens is 445 g/mol. The van der Waals surface area contributed by atoms with E-state index in [1.807, 2.05) is 0 Å². The van der Waals surface area contributed by atoms with E-state index < -0.39 is 34.2 Å². The number of nitrogens with one attached hydrogen (secondary N) is 1. The number of aromatic nitrogens is 2. The second kappa shape index (κ2) is 7.85. The van der Waals surface area contributed by atoms with Crippen LogP contribution >= 0.6 is 0 Å². The van der Waals surface area contributed by atoms with Crippen molar-refractivity contribution in [2.75, 3.05) is 19.0 Å². The minimum Gasteiger partial charge on any atom is -0.363 e. The fourth-order valence-corrected chi connectivity index (χ4v) is 5.10. The quantitative estimate of drug-likeness (QED) is 0.618. The van der Waals surface area contributed by atoms with E-state index >= 15 is 0 Å². The van der Waals surface area contributed by atoms with Crippen molar-refractivity contribution >= 4 is 22.8 Å². The van der Waals surface area contributed by atoms with E-state index in [0.717, 1.165) is 12.1 Å². The maximum Gasteiger partial charge on any atom is 0.257 e. The summed E-state index contributed by atoms with van der Waals surface area (Å²) in [5.41, 5.74) is -2.31. The van der Waals surface area contributed by atoms with Gasteiger partial charge in [0.2, 0.25) is 5.43 Å². The molecule has 3 saturated carbocycles. The zero-order chi connectivity index (χ0) is 24.3. The average molecular weight is 470 g/mol. The van der Waals surface area contributed by atoms with Crippen molar-refractivity contribution in [3.8, 4) is 5.69 Å². The van der Waals surface area contributed by atoms with Crippen LogP contribution in [0, 0.1) is 11.6 Å². The largest absolute Gasteiger partial charge is 0.363 e. The summed E-state index contributed by atoms with van der Waals surface area (Å²) in [6, 6.07) is 6.26. The third kappa shape index (κ3) is 3.73. The maximum atomic E-state index is 14.8. The summed E-state index contributed by atoms with van der Waals surface area (Å²) < 4.78 is 44.2. The van der Waals surface area contributed by atoms with Crippen LogP contribution in [0.5, 0.6) is 0 Å². The summed E-state index contributed by atoms with van der Waals surface area (Å²) >= 11 is 0. The van der Waals surface area contributed by atoms with Crippen LogP contribution in [-0.4, -0.2) is 40.8 Å². The van der Waals surface area contributed by atoms with Crippen molar-refractivity contribution in [3.63, 3.8) is 0 Å². The van der Waals surface area contributed by atoms with Crippen LogP contribution in [-0.2, 0) is 0 Å². The van der Waals surface area contributed by atoms with Crippen molar-refractivity contribution in [1.29, 1.82) is 0 Å². The van der Waals surface area contributed by atoms with Gasteiger partial charge in [-0.3, -0.25) is 14.2 Å². The van der Waals surface area contributed by atoms with E-state index in [1.54, 1.807) is 31.1 Å². The van der Waals surface area contributed by atoms with Crippen molar-refractivity contribution in [2.24, 2.45) is 0 Å². The Bertz CT molecular complexity index is 1340. The van der Waals surface area contributed by atoms with Crippen molar-refractivity contribution in [2.45, 2.75) is 49.7 Å². The summed E-state index contributed by atoms with van der Waals surface area (Å²) in [4.78, 5) is 32.9. The molecule has 1 amide bonds. The molecule has 9 heteroatoms. The van der Waals surface area contributed by atoms with Gasteiger partial charge in [-0.15, -0.1) is 0 Å². The van der Waals surface area contributed by atoms with Crippen LogP contribution in [0.4, 0.5) is 19.0 Å². The topological polar surface area (TPSA) is 67.2 Å². The number of amides is 1. The number of benzene rings is 1. The number of pyridine rings is 2. The van der Waals surface area contributed by atoms with Gasteiger partial charge in [-0.2, -0.15) is 0 Å². The van der Waals surface area contributed by atoms with Gasteiger partial charge in [-0.25, -0.2) is 18.2 Å². The Hall–Kier alpha value is -3.36. The van der Waals surface area contributed by atoms with Crippen molar-refractivity contribution in [1.82, 2.24) is 14.9 Å². The average Bonchev–Trinajstić information content (AvgIpc) is 2.80. The number of hydrogen-bond donors (Lipinski definition) is 1. The Morgan fingerprint density at radius 2 is 1.74 bits per heavy atom. The lowest BCUT2D eigenvalue weighted by atomic mass is 9.64. The van der Waals surface area contributed by atoms with Gasteiger partial charge in [0.15, 0.2) is 5.65 Å². The lowest BCUT2D eigenvalue weighted by Crippen LogP contribution is -2.58. The molecule has 6 nitrogen and oxygen atoms in total. The first kappa shape index (κ1) is 22.4. The SMILES string of the molecule is CN(C)c1ccc2c(=O)c(C(=O)NC34CCC(F)(CC3)CC4)cn(-c3ccc(F)cc3F)c2n1. The molecule has 0 saturated heterocycles. The van der Waals surface area contributed by atoms with Gasteiger partial charge in [0, 0.05) is 31.9 Å². The molecule has 0 atom stereocenters. The normalized spacial score (nSPS) is 23.8. The number of halogens is 3. The molecule has 0 unspecified atom stereocenters. The Labute approximate surface area is 194 Å². The Kier molecular flexibility index (Phi) is 5.18. The van der Waals surface area contributed by atoms with Gasteiger partial charge in [0.25, 0.3) is 5.91 Å². The number of alkyl halides is 1. The van der Waals surface area contributed by atoms with E-state index in [9.17, 15) is 22.8 Å². The molecule has 2 heterocycles. The summed E-state index contributed by atoms with van der Waals surface area (Å²) in [6.07, 6.45) is 3.93. The number of hydrogen-bond acceptors (Lipinski definition) is 4. The molecule has 3 aromatic rings. The molecule has 34 heavy (non-hydrogen) atoms. The number of rotatable bonds is 4. The molecule has 0 aliphatic heterocycles. The van der Waals surface area contributed by atoms with Gasteiger partial charge >= 0.3 is 0 Å². The lowest BCUT2D eigenvalue weighted by Gasteiger charge is -2.49. The molecule has 6 rings (SSSR count). The van der Waals surface area contributed by atoms with E-state index in [-0.39, 0.29) is 22.3 Å². The molecule has 3 aliphatic carbocycles. The van der Waals surface area contributed by atoms with Gasteiger partial charge in [-0.1, -0.05) is 0 Å². The minimum absolute atomic E-state index is 0.0421. The summed E-state index contributed by atoms with van der Waals surface area (Å²) in [7, 11) is 3.55. The number of anilines is 1. The first-order chi connectivity index (χ1) is 16.1. The molecule has 1 N–H and O–H groups in total. The van der Waals surface area contributed by atoms with E-state index in [1.165, 1.54) is 16.8 Å². The first-order valence-electron chi connectivity index (χ1n) is 11.3. The molecule has 2 aromatic heterocycles. The number of carbonyl (C=O) groups is 1. The summed E-state index contributed by atoms with van der Waals surface area (Å²) in [5.74, 6) is -1.67. The number of nitrogens with zero attached hydrogens (tertiary/aromatic N) is 3. The van der Waals surface area contributed by atoms with E-state index in [2.05, 4.69) is 10.3 Å². The molecule has 178 valence electrons. The molecule has 0 spiro atoms. The van der Waals surface area contributed by atoms with Crippen molar-refractivity contribution in [3.05, 3.63) is 63.9 Å². The van der Waals surface area contributed by atoms with E-state index in [4.69, 9.17) is 0 Å². The van der Waals surface area contributed by atoms with Gasteiger partial charge in [-0.05, 0) is 62.8 Å². The van der Waals surface area contributed by atoms with Gasteiger partial charge < -0.3 is 10.2 Å². The molecule has 3 aliphatic rings.